The Hall–Kier alpha value is -3.24. The zero-order valence-electron chi connectivity index (χ0n) is 36.1. The molecule has 10 atom stereocenters. The summed E-state index contributed by atoms with van der Waals surface area (Å²) in [4.78, 5) is 50.1. The van der Waals surface area contributed by atoms with Gasteiger partial charge in [0, 0.05) is 31.7 Å². The van der Waals surface area contributed by atoms with Gasteiger partial charge in [-0.05, 0) is 136 Å². The quantitative estimate of drug-likeness (QED) is 0.0714. The molecule has 0 radical (unpaired) electrons. The minimum Gasteiger partial charge on any atom is -0.392 e. The minimum atomic E-state index is -0.878. The van der Waals surface area contributed by atoms with Crippen LogP contribution in [0.4, 0.5) is 5.69 Å². The van der Waals surface area contributed by atoms with Crippen LogP contribution in [-0.4, -0.2) is 60.1 Å². The van der Waals surface area contributed by atoms with Crippen molar-refractivity contribution in [1.29, 1.82) is 0 Å². The van der Waals surface area contributed by atoms with E-state index in [-0.39, 0.29) is 31.5 Å². The van der Waals surface area contributed by atoms with Crippen molar-refractivity contribution < 1.29 is 29.0 Å². The lowest BCUT2D eigenvalue weighted by molar-refractivity contribution is -0.131. The predicted molar refractivity (Wildman–Crippen MR) is 226 cm³/mol. The molecule has 10 nitrogen and oxygen atoms in total. The molecule has 1 aromatic carbocycles. The van der Waals surface area contributed by atoms with E-state index in [9.17, 15) is 24.3 Å². The molecular formula is C47H74N4O6. The Labute approximate surface area is 342 Å². The van der Waals surface area contributed by atoms with E-state index in [0.717, 1.165) is 53.9 Å². The monoisotopic (exact) mass is 791 g/mol. The number of fused-ring (bicyclic) bond motifs is 5. The van der Waals surface area contributed by atoms with E-state index in [1.807, 2.05) is 0 Å². The summed E-state index contributed by atoms with van der Waals surface area (Å²) in [6.07, 6.45) is 17.9. The summed E-state index contributed by atoms with van der Waals surface area (Å²) < 4.78 is 6.38. The predicted octanol–water partition coefficient (Wildman–Crippen LogP) is 7.84. The van der Waals surface area contributed by atoms with Crippen molar-refractivity contribution in [2.24, 2.45) is 46.3 Å². The van der Waals surface area contributed by atoms with Crippen LogP contribution < -0.4 is 21.3 Å². The molecule has 318 valence electrons. The van der Waals surface area contributed by atoms with Gasteiger partial charge in [-0.1, -0.05) is 77.7 Å². The van der Waals surface area contributed by atoms with Gasteiger partial charge in [0.1, 0.15) is 12.1 Å². The third-order valence-corrected chi connectivity index (χ3v) is 14.8. The van der Waals surface area contributed by atoms with Gasteiger partial charge in [-0.2, -0.15) is 0 Å². The minimum absolute atomic E-state index is 0.0183. The van der Waals surface area contributed by atoms with Gasteiger partial charge in [0.25, 0.3) is 0 Å². The number of amides is 4. The number of carbonyl (C=O) groups excluding carboxylic acids is 4. The fourth-order valence-electron chi connectivity index (χ4n) is 11.4. The van der Waals surface area contributed by atoms with Crippen LogP contribution in [-0.2, 0) is 30.5 Å². The van der Waals surface area contributed by atoms with Gasteiger partial charge in [0.2, 0.25) is 23.6 Å². The van der Waals surface area contributed by atoms with Crippen molar-refractivity contribution in [1.82, 2.24) is 16.0 Å². The third kappa shape index (κ3) is 11.3. The molecule has 4 aliphatic rings. The molecule has 4 amide bonds. The summed E-state index contributed by atoms with van der Waals surface area (Å²) in [7, 11) is 0. The summed E-state index contributed by atoms with van der Waals surface area (Å²) in [5, 5.41) is 20.0. The standard InChI is InChI=1S/C47H74N4O6/c1-30(2)10-8-11-31(3)39-18-19-40-38-17-14-35-28-37(22-24-46(35,6)41(38)23-25-47(39,40)7)57-27-9-26-48-42(53)20-21-43(54)49-32(4)44(55)50-33(5)45(56)51-36-15-12-34(29-52)13-16-36/h12-16,30-33,37-41,52H,8-11,17-29H2,1-7H3,(H,48,53)(H,49,54)(H,50,55)(H,51,56)/t31-,32+,33+,37+,38+,39-,40+,41+,46+,47-/m1/s1. The van der Waals surface area contributed by atoms with E-state index in [1.54, 1.807) is 36.8 Å². The number of nitrogens with one attached hydrogen (secondary N) is 4. The molecule has 0 aromatic heterocycles. The van der Waals surface area contributed by atoms with Crippen LogP contribution in [0.3, 0.4) is 0 Å². The number of hydrogen-bond donors (Lipinski definition) is 5. The van der Waals surface area contributed by atoms with Crippen LogP contribution in [0, 0.1) is 46.3 Å². The smallest absolute Gasteiger partial charge is 0.246 e. The largest absolute Gasteiger partial charge is 0.392 e. The lowest BCUT2D eigenvalue weighted by Gasteiger charge is -2.58. The van der Waals surface area contributed by atoms with Gasteiger partial charge in [0.15, 0.2) is 0 Å². The second-order valence-electron chi connectivity index (χ2n) is 19.1. The SMILES string of the molecule is CC(C)CCC[C@@H](C)[C@H]1CC[C@H]2[C@@H]3CC=C4C[C@@H](OCCCNC(=O)CCC(=O)N[C@@H](C)C(=O)N[C@@H](C)C(=O)Nc5ccc(CO)cc5)CC[C@]4(C)[C@H]3CC[C@]12C. The Kier molecular flexibility index (Phi) is 15.9. The van der Waals surface area contributed by atoms with E-state index in [4.69, 9.17) is 4.74 Å². The molecule has 4 aliphatic carbocycles. The Bertz CT molecular complexity index is 1560. The van der Waals surface area contributed by atoms with Gasteiger partial charge >= 0.3 is 0 Å². The number of ether oxygens (including phenoxy) is 1. The van der Waals surface area contributed by atoms with Crippen molar-refractivity contribution in [3.8, 4) is 0 Å². The van der Waals surface area contributed by atoms with E-state index in [1.165, 1.54) is 64.7 Å². The molecule has 0 heterocycles. The maximum atomic E-state index is 12.6. The number of carbonyl (C=O) groups is 4. The molecular weight excluding hydrogens is 717 g/mol. The van der Waals surface area contributed by atoms with Crippen LogP contribution >= 0.6 is 0 Å². The number of allylic oxidation sites excluding steroid dienone is 1. The van der Waals surface area contributed by atoms with Crippen molar-refractivity contribution in [3.63, 3.8) is 0 Å². The number of anilines is 1. The highest BCUT2D eigenvalue weighted by atomic mass is 16.5. The van der Waals surface area contributed by atoms with E-state index < -0.39 is 29.8 Å². The maximum Gasteiger partial charge on any atom is 0.246 e. The molecule has 5 rings (SSSR count). The highest BCUT2D eigenvalue weighted by Gasteiger charge is 2.59. The van der Waals surface area contributed by atoms with Gasteiger partial charge in [-0.25, -0.2) is 0 Å². The summed E-state index contributed by atoms with van der Waals surface area (Å²) >= 11 is 0. The molecule has 0 saturated heterocycles. The summed E-state index contributed by atoms with van der Waals surface area (Å²) in [5.74, 6) is 3.49. The highest BCUT2D eigenvalue weighted by Crippen LogP contribution is 2.67. The Balaban J connectivity index is 0.955. The maximum absolute atomic E-state index is 12.6. The average Bonchev–Trinajstić information content (AvgIpc) is 3.54. The van der Waals surface area contributed by atoms with Crippen molar-refractivity contribution in [2.45, 2.75) is 163 Å². The lowest BCUT2D eigenvalue weighted by Crippen LogP contribution is -2.51. The number of rotatable bonds is 19. The topological polar surface area (TPSA) is 146 Å². The third-order valence-electron chi connectivity index (χ3n) is 14.8. The average molecular weight is 791 g/mol. The molecule has 3 saturated carbocycles. The van der Waals surface area contributed by atoms with Crippen LogP contribution in [0.5, 0.6) is 0 Å². The first-order valence-electron chi connectivity index (χ1n) is 22.3. The second kappa shape index (κ2) is 20.1. The van der Waals surface area contributed by atoms with E-state index >= 15 is 0 Å². The summed E-state index contributed by atoms with van der Waals surface area (Å²) in [6, 6.07) is 5.01. The van der Waals surface area contributed by atoms with Crippen molar-refractivity contribution >= 4 is 29.3 Å². The number of aliphatic hydroxyl groups is 1. The normalized spacial score (nSPS) is 29.5. The molecule has 10 heteroatoms. The molecule has 0 bridgehead atoms. The first kappa shape index (κ1) is 44.9. The number of benzene rings is 1. The molecule has 1 aromatic rings. The van der Waals surface area contributed by atoms with Crippen molar-refractivity contribution in [2.75, 3.05) is 18.5 Å². The zero-order valence-corrected chi connectivity index (χ0v) is 36.1. The van der Waals surface area contributed by atoms with Gasteiger partial charge in [-0.3, -0.25) is 19.2 Å². The summed E-state index contributed by atoms with van der Waals surface area (Å²) in [6.45, 7) is 16.6. The fraction of sp³-hybridized carbons (Fsp3) is 0.745. The van der Waals surface area contributed by atoms with Gasteiger partial charge < -0.3 is 31.1 Å². The highest BCUT2D eigenvalue weighted by molar-refractivity contribution is 5.98. The Morgan fingerprint density at radius 2 is 1.54 bits per heavy atom. The Morgan fingerprint density at radius 1 is 0.825 bits per heavy atom. The lowest BCUT2D eigenvalue weighted by atomic mass is 9.47. The molecule has 3 fully saturated rings. The summed E-state index contributed by atoms with van der Waals surface area (Å²) in [5.41, 5.74) is 3.71. The first-order valence-corrected chi connectivity index (χ1v) is 22.3. The van der Waals surface area contributed by atoms with Crippen LogP contribution in [0.1, 0.15) is 144 Å². The zero-order chi connectivity index (χ0) is 41.3. The van der Waals surface area contributed by atoms with Gasteiger partial charge in [-0.15, -0.1) is 0 Å². The molecule has 57 heavy (non-hydrogen) atoms. The van der Waals surface area contributed by atoms with Gasteiger partial charge in [0.05, 0.1) is 12.7 Å². The Morgan fingerprint density at radius 3 is 2.26 bits per heavy atom. The van der Waals surface area contributed by atoms with E-state index in [0.29, 0.717) is 36.1 Å². The number of aliphatic hydroxyl groups excluding tert-OH is 1. The molecule has 5 N–H and O–H groups in total. The van der Waals surface area contributed by atoms with Crippen molar-refractivity contribution in [3.05, 3.63) is 41.5 Å². The van der Waals surface area contributed by atoms with Crippen LogP contribution in [0.2, 0.25) is 0 Å². The second-order valence-corrected chi connectivity index (χ2v) is 19.1. The van der Waals surface area contributed by atoms with Crippen LogP contribution in [0.15, 0.2) is 35.9 Å². The molecule has 0 spiro atoms. The molecule has 0 aliphatic heterocycles. The fourth-order valence-corrected chi connectivity index (χ4v) is 11.4. The first-order chi connectivity index (χ1) is 27.1. The number of hydrogen-bond acceptors (Lipinski definition) is 6. The van der Waals surface area contributed by atoms with E-state index in [2.05, 4.69) is 62.0 Å². The molecule has 0 unspecified atom stereocenters. The van der Waals surface area contributed by atoms with Crippen LogP contribution in [0.25, 0.3) is 0 Å².